The minimum atomic E-state index is -2.80. The summed E-state index contributed by atoms with van der Waals surface area (Å²) < 4.78 is 0. The zero-order valence-electron chi connectivity index (χ0n) is 10.7. The van der Waals surface area contributed by atoms with E-state index in [1.54, 1.807) is 0 Å². The average Bonchev–Trinajstić information content (AvgIpc) is 1.98. The van der Waals surface area contributed by atoms with Crippen LogP contribution in [0.15, 0.2) is 0 Å². The third-order valence-electron chi connectivity index (χ3n) is 1.28. The second-order valence-corrected chi connectivity index (χ2v) is 2.80. The van der Waals surface area contributed by atoms with Crippen molar-refractivity contribution < 1.29 is 121 Å². The molecule has 0 bridgehead atoms. The topological polar surface area (TPSA) is 196 Å². The Kier molecular flexibility index (Phi) is 26.0. The molecule has 0 aliphatic rings. The van der Waals surface area contributed by atoms with Crippen LogP contribution < -0.4 is 76.6 Å². The molecule has 14 heteroatoms. The largest absolute Gasteiger partial charge is 1.00 e. The fourth-order valence-corrected chi connectivity index (χ4v) is 0.703. The first-order valence-electron chi connectivity index (χ1n) is 3.93. The fourth-order valence-electron chi connectivity index (χ4n) is 0.703. The van der Waals surface area contributed by atoms with Gasteiger partial charge in [-0.05, 0) is 0 Å². The summed E-state index contributed by atoms with van der Waals surface area (Å²) in [5.74, 6) is -5.34. The fraction of sp³-hybridized carbons (Fsp3) is 0.500. The summed E-state index contributed by atoms with van der Waals surface area (Å²) in [6.45, 7) is 0. The van der Waals surface area contributed by atoms with E-state index in [-0.39, 0.29) is 71.5 Å². The predicted molar refractivity (Wildman–Crippen MR) is 46.9 cm³/mol. The quantitative estimate of drug-likeness (QED) is 0.263. The molecule has 0 heterocycles. The minimum absolute atomic E-state index is 0. The second-order valence-electron chi connectivity index (χ2n) is 2.80. The first-order chi connectivity index (χ1) is 7.51. The Balaban J connectivity index is -0.0000000951. The van der Waals surface area contributed by atoms with Crippen LogP contribution in [0, 0.1) is 0 Å². The summed E-state index contributed by atoms with van der Waals surface area (Å²) in [4.78, 5) is 30.3. The predicted octanol–water partition coefficient (Wildman–Crippen LogP) is -13.6. The number of rotatable bonds is 5. The van der Waals surface area contributed by atoms with Gasteiger partial charge in [-0.15, -0.1) is 0 Å². The zero-order chi connectivity index (χ0) is 14.2. The molecule has 0 saturated carbocycles. The summed E-state index contributed by atoms with van der Waals surface area (Å²) in [5, 5.41) is 57.0. The van der Waals surface area contributed by atoms with Gasteiger partial charge in [-0.2, -0.15) is 0 Å². The molecule has 0 aliphatic carbocycles. The number of carbonyl (C=O) groups is 3. The Labute approximate surface area is 164 Å². The van der Waals surface area contributed by atoms with Crippen LogP contribution in [0.1, 0.15) is 12.8 Å². The Morgan fingerprint density at radius 3 is 1.45 bits per heavy atom. The van der Waals surface area contributed by atoms with Crippen LogP contribution in [-0.2, 0) is 14.4 Å². The van der Waals surface area contributed by atoms with Crippen molar-refractivity contribution >= 4 is 25.2 Å². The van der Waals surface area contributed by atoms with Gasteiger partial charge >= 0.3 is 78.4 Å². The smallest absolute Gasteiger partial charge is 1.00 e. The van der Waals surface area contributed by atoms with E-state index in [4.69, 9.17) is 30.4 Å². The summed E-state index contributed by atoms with van der Waals surface area (Å²) in [5.41, 5.74) is -2.80. The molecule has 0 aromatic rings. The van der Waals surface area contributed by atoms with Crippen LogP contribution >= 0.6 is 0 Å². The van der Waals surface area contributed by atoms with Crippen LogP contribution in [0.3, 0.4) is 0 Å². The molecule has 6 N–H and O–H groups in total. The van der Waals surface area contributed by atoms with Gasteiger partial charge < -0.3 is 52.7 Å². The van der Waals surface area contributed by atoms with Crippen LogP contribution in [0.25, 0.3) is 0 Å². The second kappa shape index (κ2) is 16.0. The molecule has 0 aliphatic heterocycles. The summed E-state index contributed by atoms with van der Waals surface area (Å²) in [6.07, 6.45) is -2.44. The van der Waals surface area contributed by atoms with Crippen molar-refractivity contribution in [1.82, 2.24) is 0 Å². The van der Waals surface area contributed by atoms with E-state index in [9.17, 15) is 19.5 Å². The summed E-state index contributed by atoms with van der Waals surface area (Å²) in [6, 6.07) is 0. The molecule has 0 fully saturated rings. The van der Waals surface area contributed by atoms with E-state index in [1.165, 1.54) is 0 Å². The van der Waals surface area contributed by atoms with Gasteiger partial charge in [-0.3, -0.25) is 4.79 Å². The molecule has 1 atom stereocenters. The number of carboxylic acid groups (broad SMARTS) is 3. The van der Waals surface area contributed by atoms with E-state index < -0.39 is 43.7 Å². The molecular formula is C6H10BClNa2O10. The Morgan fingerprint density at radius 2 is 1.30 bits per heavy atom. The van der Waals surface area contributed by atoms with Crippen molar-refractivity contribution in [3.63, 3.8) is 0 Å². The first kappa shape index (κ1) is 32.5. The molecular weight excluding hydrogens is 324 g/mol. The number of carboxylic acids is 3. The number of hydrogen-bond donors (Lipinski definition) is 6. The molecule has 0 amide bonds. The van der Waals surface area contributed by atoms with Gasteiger partial charge in [-0.1, -0.05) is 0 Å². The first-order valence-corrected chi connectivity index (χ1v) is 3.93. The summed E-state index contributed by atoms with van der Waals surface area (Å²) in [7, 11) is -2.17. The molecule has 0 saturated heterocycles. The Bertz CT molecular complexity index is 283. The normalized spacial score (nSPS) is 10.8. The van der Waals surface area contributed by atoms with Gasteiger partial charge in [0, 0.05) is 12.4 Å². The minimum Gasteiger partial charge on any atom is -1.00 e. The zero-order valence-corrected chi connectivity index (χ0v) is 15.4. The monoisotopic (exact) mass is 334 g/mol. The van der Waals surface area contributed by atoms with Crippen molar-refractivity contribution in [2.75, 3.05) is 0 Å². The van der Waals surface area contributed by atoms with E-state index in [2.05, 4.69) is 0 Å². The molecule has 20 heavy (non-hydrogen) atoms. The molecule has 0 aromatic carbocycles. The van der Waals surface area contributed by atoms with Crippen LogP contribution in [0.5, 0.6) is 0 Å². The van der Waals surface area contributed by atoms with Crippen LogP contribution in [0.2, 0.25) is 0 Å². The molecule has 1 unspecified atom stereocenters. The van der Waals surface area contributed by atoms with Gasteiger partial charge in [0.2, 0.25) is 0 Å². The van der Waals surface area contributed by atoms with Gasteiger partial charge in [-0.25, -0.2) is 4.79 Å². The molecule has 0 spiro atoms. The molecule has 0 radical (unpaired) electrons. The maximum atomic E-state index is 10.3. The molecule has 10 nitrogen and oxygen atoms in total. The van der Waals surface area contributed by atoms with E-state index in [1.807, 2.05) is 0 Å². The van der Waals surface area contributed by atoms with Gasteiger partial charge in [0.25, 0.3) is 0 Å². The van der Waals surface area contributed by atoms with Gasteiger partial charge in [0.05, 0.1) is 6.42 Å². The van der Waals surface area contributed by atoms with Crippen molar-refractivity contribution in [3.8, 4) is 0 Å². The number of carbonyl (C=O) groups excluding carboxylic acids is 1. The van der Waals surface area contributed by atoms with Crippen LogP contribution in [-0.4, -0.2) is 61.2 Å². The molecule has 0 aromatic heterocycles. The molecule has 0 rings (SSSR count). The average molecular weight is 334 g/mol. The molecule has 106 valence electrons. The standard InChI is InChI=1S/C6H8O7.BH3O3.ClH.2Na/c7-3(8)1-6(13,5(11)12)2-4(9)10;2-1(3)4;;;/h13H,1-2H2,(H,7,8)(H,9,10)(H,11,12);2-4H;1H;;/q;;;2*+1/p-2. The van der Waals surface area contributed by atoms with Crippen LogP contribution in [0.4, 0.5) is 0 Å². The Morgan fingerprint density at radius 1 is 1.00 bits per heavy atom. The third-order valence-corrected chi connectivity index (χ3v) is 1.28. The van der Waals surface area contributed by atoms with Gasteiger partial charge in [0.1, 0.15) is 0 Å². The van der Waals surface area contributed by atoms with E-state index >= 15 is 0 Å². The van der Waals surface area contributed by atoms with E-state index in [0.29, 0.717) is 0 Å². The Hall–Kier alpha value is 0.605. The van der Waals surface area contributed by atoms with Crippen molar-refractivity contribution in [2.24, 2.45) is 0 Å². The van der Waals surface area contributed by atoms with Crippen molar-refractivity contribution in [3.05, 3.63) is 0 Å². The third kappa shape index (κ3) is 20.9. The maximum Gasteiger partial charge on any atom is 1.00 e. The maximum absolute atomic E-state index is 10.3. The van der Waals surface area contributed by atoms with Crippen molar-refractivity contribution in [2.45, 2.75) is 18.4 Å². The van der Waals surface area contributed by atoms with Crippen molar-refractivity contribution in [1.29, 1.82) is 0 Å². The number of halogens is 1. The van der Waals surface area contributed by atoms with Gasteiger partial charge in [0.15, 0.2) is 5.60 Å². The van der Waals surface area contributed by atoms with E-state index in [0.717, 1.165) is 0 Å². The number of hydrogen-bond acceptors (Lipinski definition) is 8. The SMILES string of the molecule is O=C([O-])CC(O)(CC(=O)O)C(=O)O.OB(O)O.[Cl-].[Na+].[Na+]. The number of aliphatic hydroxyl groups is 1. The number of aliphatic carboxylic acids is 3. The summed E-state index contributed by atoms with van der Waals surface area (Å²) >= 11 is 0.